The molecule has 2 N–H and O–H groups in total. The van der Waals surface area contributed by atoms with Gasteiger partial charge in [-0.25, -0.2) is 9.37 Å². The fraction of sp³-hybridized carbons (Fsp3) is 0.273. The summed E-state index contributed by atoms with van der Waals surface area (Å²) in [6, 6.07) is 12.6. The van der Waals surface area contributed by atoms with Gasteiger partial charge >= 0.3 is 6.18 Å². The van der Waals surface area contributed by atoms with Gasteiger partial charge in [-0.2, -0.15) is 13.2 Å². The van der Waals surface area contributed by atoms with Crippen molar-refractivity contribution in [2.45, 2.75) is 25.7 Å². The normalized spacial score (nSPS) is 12.1. The highest BCUT2D eigenvalue weighted by molar-refractivity contribution is 5.79. The summed E-state index contributed by atoms with van der Waals surface area (Å²) in [6.07, 6.45) is -0.391. The lowest BCUT2D eigenvalue weighted by molar-refractivity contribution is -0.138. The Morgan fingerprint density at radius 1 is 1.10 bits per heavy atom. The number of nitrogens with zero attached hydrogens (tertiary/aromatic N) is 3. The minimum absolute atomic E-state index is 0.0599. The molecule has 0 fully saturated rings. The van der Waals surface area contributed by atoms with E-state index in [0.29, 0.717) is 31.5 Å². The van der Waals surface area contributed by atoms with Gasteiger partial charge in [0, 0.05) is 45.5 Å². The van der Waals surface area contributed by atoms with Crippen LogP contribution in [0.25, 0.3) is 0 Å². The third-order valence-corrected chi connectivity index (χ3v) is 4.69. The van der Waals surface area contributed by atoms with E-state index in [0.717, 1.165) is 23.5 Å². The lowest BCUT2D eigenvalue weighted by Gasteiger charge is -2.16. The molecule has 0 aliphatic heterocycles. The maximum Gasteiger partial charge on any atom is 0.416 e. The highest BCUT2D eigenvalue weighted by Crippen LogP contribution is 2.32. The molecule has 0 bridgehead atoms. The highest BCUT2D eigenvalue weighted by atomic mass is 19.4. The summed E-state index contributed by atoms with van der Waals surface area (Å²) < 4.78 is 54.7. The van der Waals surface area contributed by atoms with Crippen molar-refractivity contribution in [3.05, 3.63) is 89.3 Å². The average Bonchev–Trinajstić information content (AvgIpc) is 3.18. The smallest absolute Gasteiger partial charge is 0.356 e. The van der Waals surface area contributed by atoms with Crippen molar-refractivity contribution in [2.24, 2.45) is 4.99 Å². The average molecular weight is 433 g/mol. The first kappa shape index (κ1) is 22.3. The first-order valence-electron chi connectivity index (χ1n) is 9.71. The molecule has 31 heavy (non-hydrogen) atoms. The fourth-order valence-corrected chi connectivity index (χ4v) is 3.15. The Bertz CT molecular complexity index is 1010. The fourth-order valence-electron chi connectivity index (χ4n) is 3.15. The number of alkyl halides is 3. The van der Waals surface area contributed by atoms with Gasteiger partial charge in [-0.3, -0.25) is 4.99 Å². The minimum atomic E-state index is -4.63. The molecule has 164 valence electrons. The summed E-state index contributed by atoms with van der Waals surface area (Å²) in [5.41, 5.74) is 0.0978. The summed E-state index contributed by atoms with van der Waals surface area (Å²) in [6.45, 7) is 1.05. The van der Waals surface area contributed by atoms with Crippen molar-refractivity contribution in [3.8, 4) is 0 Å². The quantitative estimate of drug-likeness (QED) is 0.337. The zero-order valence-corrected chi connectivity index (χ0v) is 17.0. The largest absolute Gasteiger partial charge is 0.416 e. The van der Waals surface area contributed by atoms with E-state index in [9.17, 15) is 17.6 Å². The molecule has 3 aromatic rings. The molecule has 9 heteroatoms. The lowest BCUT2D eigenvalue weighted by Crippen LogP contribution is -2.38. The first-order chi connectivity index (χ1) is 14.9. The van der Waals surface area contributed by atoms with Crippen LogP contribution in [0.4, 0.5) is 17.6 Å². The molecule has 2 aromatic carbocycles. The van der Waals surface area contributed by atoms with Gasteiger partial charge in [0.25, 0.3) is 0 Å². The second-order valence-corrected chi connectivity index (χ2v) is 6.86. The molecule has 0 radical (unpaired) electrons. The minimum Gasteiger partial charge on any atom is -0.356 e. The summed E-state index contributed by atoms with van der Waals surface area (Å²) in [4.78, 5) is 8.41. The van der Waals surface area contributed by atoms with E-state index in [1.165, 1.54) is 7.05 Å². The number of aliphatic imine (C=N–C) groups is 1. The third kappa shape index (κ3) is 6.31. The molecule has 0 atom stereocenters. The van der Waals surface area contributed by atoms with Crippen molar-refractivity contribution in [2.75, 3.05) is 13.6 Å². The van der Waals surface area contributed by atoms with Gasteiger partial charge in [-0.15, -0.1) is 0 Å². The molecule has 0 aliphatic rings. The summed E-state index contributed by atoms with van der Waals surface area (Å²) in [5, 5.41) is 5.91. The molecule has 1 heterocycles. The zero-order chi connectivity index (χ0) is 22.3. The van der Waals surface area contributed by atoms with Gasteiger partial charge in [0.2, 0.25) is 0 Å². The SMILES string of the molecule is CN=C(NCCc1nccn1Cc1ccccc1)NCc1ccc(F)cc1C(F)(F)F. The van der Waals surface area contributed by atoms with E-state index in [1.54, 1.807) is 6.20 Å². The molecular weight excluding hydrogens is 410 g/mol. The van der Waals surface area contributed by atoms with Crippen LogP contribution in [0, 0.1) is 5.82 Å². The van der Waals surface area contributed by atoms with Crippen LogP contribution in [-0.2, 0) is 25.7 Å². The van der Waals surface area contributed by atoms with Crippen LogP contribution in [0.15, 0.2) is 65.9 Å². The Kier molecular flexibility index (Phi) is 7.28. The molecule has 0 saturated carbocycles. The predicted octanol–water partition coefficient (Wildman–Crippen LogP) is 4.00. The Morgan fingerprint density at radius 3 is 2.58 bits per heavy atom. The third-order valence-electron chi connectivity index (χ3n) is 4.69. The number of hydrogen-bond donors (Lipinski definition) is 2. The molecule has 0 unspecified atom stereocenters. The van der Waals surface area contributed by atoms with Crippen LogP contribution in [0.3, 0.4) is 0 Å². The molecule has 5 nitrogen and oxygen atoms in total. The van der Waals surface area contributed by atoms with Gasteiger partial charge in [-0.05, 0) is 23.3 Å². The highest BCUT2D eigenvalue weighted by Gasteiger charge is 2.33. The van der Waals surface area contributed by atoms with E-state index in [-0.39, 0.29) is 12.1 Å². The van der Waals surface area contributed by atoms with Gasteiger partial charge in [0.1, 0.15) is 11.6 Å². The van der Waals surface area contributed by atoms with E-state index in [1.807, 2.05) is 41.1 Å². The molecule has 0 saturated heterocycles. The number of hydrogen-bond acceptors (Lipinski definition) is 2. The van der Waals surface area contributed by atoms with E-state index >= 15 is 0 Å². The molecule has 3 rings (SSSR count). The standard InChI is InChI=1S/C22H23F4N5/c1-27-21(30-14-17-7-8-18(23)13-19(17)22(24,25)26)29-10-9-20-28-11-12-31(20)15-16-5-3-2-4-6-16/h2-8,11-13H,9-10,14-15H2,1H3,(H2,27,29,30). The topological polar surface area (TPSA) is 54.2 Å². The van der Waals surface area contributed by atoms with Crippen LogP contribution in [0.5, 0.6) is 0 Å². The number of halogens is 4. The number of nitrogens with one attached hydrogen (secondary N) is 2. The molecule has 0 spiro atoms. The Hall–Kier alpha value is -3.36. The lowest BCUT2D eigenvalue weighted by atomic mass is 10.1. The second-order valence-electron chi connectivity index (χ2n) is 6.86. The second kappa shape index (κ2) is 10.1. The van der Waals surface area contributed by atoms with Crippen LogP contribution < -0.4 is 10.6 Å². The number of aromatic nitrogens is 2. The zero-order valence-electron chi connectivity index (χ0n) is 17.0. The van der Waals surface area contributed by atoms with Gasteiger partial charge < -0.3 is 15.2 Å². The number of benzene rings is 2. The Morgan fingerprint density at radius 2 is 1.87 bits per heavy atom. The van der Waals surface area contributed by atoms with Crippen LogP contribution in [0.1, 0.15) is 22.5 Å². The maximum atomic E-state index is 13.2. The van der Waals surface area contributed by atoms with Crippen molar-refractivity contribution >= 4 is 5.96 Å². The van der Waals surface area contributed by atoms with Crippen molar-refractivity contribution in [1.29, 1.82) is 0 Å². The van der Waals surface area contributed by atoms with Gasteiger partial charge in [0.15, 0.2) is 5.96 Å². The molecule has 0 aliphatic carbocycles. The Balaban J connectivity index is 1.54. The first-order valence-corrected chi connectivity index (χ1v) is 9.71. The van der Waals surface area contributed by atoms with Crippen molar-refractivity contribution < 1.29 is 17.6 Å². The van der Waals surface area contributed by atoms with Crippen LogP contribution >= 0.6 is 0 Å². The van der Waals surface area contributed by atoms with Gasteiger partial charge in [-0.1, -0.05) is 36.4 Å². The van der Waals surface area contributed by atoms with E-state index in [2.05, 4.69) is 20.6 Å². The van der Waals surface area contributed by atoms with Crippen molar-refractivity contribution in [1.82, 2.24) is 20.2 Å². The summed E-state index contributed by atoms with van der Waals surface area (Å²) >= 11 is 0. The van der Waals surface area contributed by atoms with Gasteiger partial charge in [0.05, 0.1) is 5.56 Å². The summed E-state index contributed by atoms with van der Waals surface area (Å²) in [7, 11) is 1.53. The monoisotopic (exact) mass is 433 g/mol. The number of rotatable bonds is 7. The Labute approximate surface area is 177 Å². The molecule has 1 aromatic heterocycles. The number of imidazole rings is 1. The van der Waals surface area contributed by atoms with E-state index < -0.39 is 17.6 Å². The van der Waals surface area contributed by atoms with Crippen molar-refractivity contribution in [3.63, 3.8) is 0 Å². The van der Waals surface area contributed by atoms with Crippen LogP contribution in [0.2, 0.25) is 0 Å². The molecule has 0 amide bonds. The van der Waals surface area contributed by atoms with Crippen LogP contribution in [-0.4, -0.2) is 29.1 Å². The molecular formula is C22H23F4N5. The van der Waals surface area contributed by atoms with E-state index in [4.69, 9.17) is 0 Å². The predicted molar refractivity (Wildman–Crippen MR) is 111 cm³/mol. The maximum absolute atomic E-state index is 13.2. The summed E-state index contributed by atoms with van der Waals surface area (Å²) in [5.74, 6) is 0.299. The number of guanidine groups is 1.